The Morgan fingerprint density at radius 2 is 1.73 bits per heavy atom. The van der Waals surface area contributed by atoms with Crippen LogP contribution >= 0.6 is 23.8 Å². The van der Waals surface area contributed by atoms with Gasteiger partial charge in [-0.05, 0) is 86.2 Å². The van der Waals surface area contributed by atoms with E-state index >= 15 is 0 Å². The monoisotopic (exact) mass is 474 g/mol. The summed E-state index contributed by atoms with van der Waals surface area (Å²) in [5.41, 5.74) is 5.88. The van der Waals surface area contributed by atoms with Crippen molar-refractivity contribution in [3.05, 3.63) is 107 Å². The fourth-order valence-corrected chi connectivity index (χ4v) is 5.14. The number of benzene rings is 2. The van der Waals surface area contributed by atoms with Gasteiger partial charge in [-0.15, -0.1) is 0 Å². The molecule has 33 heavy (non-hydrogen) atoms. The molecule has 7 heteroatoms. The fraction of sp³-hybridized carbons (Fsp3) is 0.154. The number of anilines is 1. The molecule has 5 nitrogen and oxygen atoms in total. The summed E-state index contributed by atoms with van der Waals surface area (Å²) in [6.07, 6.45) is 1.79. The lowest BCUT2D eigenvalue weighted by molar-refractivity contribution is 0.472. The van der Waals surface area contributed by atoms with Crippen LogP contribution in [0, 0.1) is 13.8 Å². The Hall–Kier alpha value is -3.35. The highest BCUT2D eigenvalue weighted by atomic mass is 35.5. The molecule has 5 rings (SSSR count). The highest BCUT2D eigenvalue weighted by Gasteiger charge is 2.43. The van der Waals surface area contributed by atoms with E-state index in [9.17, 15) is 5.11 Å². The van der Waals surface area contributed by atoms with Crippen LogP contribution in [0.1, 0.15) is 34.7 Å². The number of para-hydroxylation sites is 2. The quantitative estimate of drug-likeness (QED) is 0.354. The standard InChI is InChI=1S/C26H23ClN4OS/c1-16-15-20(17(2)30(16)19-12-10-18(27)11-13-19)25-24(21-7-5-6-14-28-21)29-26(33)31(25)22-8-3-4-9-23(22)32/h3-15,24-25,32H,1-2H3,(H,29,33)/t24-,25-/m0/s1. The van der Waals surface area contributed by atoms with E-state index in [0.717, 1.165) is 28.3 Å². The summed E-state index contributed by atoms with van der Waals surface area (Å²) in [6, 6.07) is 22.8. The number of aromatic nitrogens is 2. The van der Waals surface area contributed by atoms with E-state index in [0.29, 0.717) is 15.8 Å². The highest BCUT2D eigenvalue weighted by Crippen LogP contribution is 2.45. The predicted molar refractivity (Wildman–Crippen MR) is 136 cm³/mol. The van der Waals surface area contributed by atoms with Gasteiger partial charge in [0.05, 0.1) is 23.5 Å². The number of halogens is 1. The second kappa shape index (κ2) is 8.54. The first-order valence-electron chi connectivity index (χ1n) is 10.7. The maximum absolute atomic E-state index is 10.7. The maximum atomic E-state index is 10.7. The molecule has 166 valence electrons. The summed E-state index contributed by atoms with van der Waals surface area (Å²) in [7, 11) is 0. The van der Waals surface area contributed by atoms with Crippen LogP contribution in [-0.4, -0.2) is 19.8 Å². The molecule has 0 spiro atoms. The second-order valence-corrected chi connectivity index (χ2v) is 8.95. The average molecular weight is 475 g/mol. The molecule has 1 aliphatic heterocycles. The van der Waals surface area contributed by atoms with E-state index in [1.165, 1.54) is 0 Å². The predicted octanol–water partition coefficient (Wildman–Crippen LogP) is 6.03. The summed E-state index contributed by atoms with van der Waals surface area (Å²) in [6.45, 7) is 4.20. The molecule has 4 aromatic rings. The molecule has 2 aromatic heterocycles. The van der Waals surface area contributed by atoms with Crippen molar-refractivity contribution >= 4 is 34.6 Å². The molecule has 2 atom stereocenters. The molecule has 0 amide bonds. The van der Waals surface area contributed by atoms with Gasteiger partial charge in [0.2, 0.25) is 0 Å². The van der Waals surface area contributed by atoms with Crippen molar-refractivity contribution in [3.63, 3.8) is 0 Å². The lowest BCUT2D eigenvalue weighted by Gasteiger charge is -2.28. The second-order valence-electron chi connectivity index (χ2n) is 8.12. The smallest absolute Gasteiger partial charge is 0.174 e. The summed E-state index contributed by atoms with van der Waals surface area (Å²) in [5.74, 6) is 0.180. The summed E-state index contributed by atoms with van der Waals surface area (Å²) < 4.78 is 2.21. The number of thiocarbonyl (C=S) groups is 1. The number of rotatable bonds is 4. The topological polar surface area (TPSA) is 53.3 Å². The van der Waals surface area contributed by atoms with Gasteiger partial charge in [-0.3, -0.25) is 4.98 Å². The number of nitrogens with one attached hydrogen (secondary N) is 1. The van der Waals surface area contributed by atoms with Gasteiger partial charge in [-0.1, -0.05) is 29.8 Å². The molecule has 1 aliphatic rings. The van der Waals surface area contributed by atoms with Crippen LogP contribution in [0.5, 0.6) is 5.75 Å². The zero-order chi connectivity index (χ0) is 23.1. The molecule has 0 saturated carbocycles. The van der Waals surface area contributed by atoms with Crippen LogP contribution in [0.25, 0.3) is 5.69 Å². The number of aromatic hydroxyl groups is 1. The van der Waals surface area contributed by atoms with E-state index < -0.39 is 0 Å². The van der Waals surface area contributed by atoms with Crippen LogP contribution in [0.4, 0.5) is 5.69 Å². The lowest BCUT2D eigenvalue weighted by Crippen LogP contribution is -2.29. The largest absolute Gasteiger partial charge is 0.506 e. The van der Waals surface area contributed by atoms with Crippen LogP contribution < -0.4 is 10.2 Å². The Kier molecular flexibility index (Phi) is 5.56. The molecule has 1 fully saturated rings. The SMILES string of the molecule is Cc1cc([C@H]2[C@H](c3ccccn3)NC(=S)N2c2ccccc2O)c(C)n1-c1ccc(Cl)cc1. The first-order chi connectivity index (χ1) is 16.0. The Bertz CT molecular complexity index is 1320. The van der Waals surface area contributed by atoms with Crippen molar-refractivity contribution < 1.29 is 5.11 Å². The maximum Gasteiger partial charge on any atom is 0.174 e. The van der Waals surface area contributed by atoms with Crippen LogP contribution in [0.15, 0.2) is 79.0 Å². The Morgan fingerprint density at radius 1 is 1.00 bits per heavy atom. The van der Waals surface area contributed by atoms with Crippen molar-refractivity contribution in [1.82, 2.24) is 14.9 Å². The number of hydrogen-bond acceptors (Lipinski definition) is 3. The minimum Gasteiger partial charge on any atom is -0.506 e. The van der Waals surface area contributed by atoms with Gasteiger partial charge >= 0.3 is 0 Å². The van der Waals surface area contributed by atoms with Crippen LogP contribution in [-0.2, 0) is 0 Å². The number of aryl methyl sites for hydroxylation is 1. The molecule has 3 heterocycles. The lowest BCUT2D eigenvalue weighted by atomic mass is 9.96. The number of nitrogens with zero attached hydrogens (tertiary/aromatic N) is 3. The summed E-state index contributed by atoms with van der Waals surface area (Å²) in [4.78, 5) is 6.61. The van der Waals surface area contributed by atoms with Gasteiger partial charge in [0.1, 0.15) is 5.75 Å². The van der Waals surface area contributed by atoms with Gasteiger partial charge in [0.15, 0.2) is 5.11 Å². The first kappa shape index (κ1) is 21.5. The van der Waals surface area contributed by atoms with Gasteiger partial charge in [0, 0.05) is 28.3 Å². The fourth-order valence-electron chi connectivity index (χ4n) is 4.67. The molecular weight excluding hydrogens is 452 g/mol. The van der Waals surface area contributed by atoms with Crippen molar-refractivity contribution in [2.75, 3.05) is 4.90 Å². The van der Waals surface area contributed by atoms with E-state index in [2.05, 4.69) is 34.8 Å². The Morgan fingerprint density at radius 3 is 2.42 bits per heavy atom. The van der Waals surface area contributed by atoms with Gasteiger partial charge in [-0.2, -0.15) is 0 Å². The van der Waals surface area contributed by atoms with E-state index in [-0.39, 0.29) is 17.8 Å². The third-order valence-electron chi connectivity index (χ3n) is 6.11. The number of pyridine rings is 1. The minimum atomic E-state index is -0.201. The number of phenols is 1. The van der Waals surface area contributed by atoms with E-state index in [4.69, 9.17) is 23.8 Å². The average Bonchev–Trinajstić information content (AvgIpc) is 3.31. The van der Waals surface area contributed by atoms with Crippen molar-refractivity contribution in [2.45, 2.75) is 25.9 Å². The molecule has 2 aromatic carbocycles. The van der Waals surface area contributed by atoms with Gasteiger partial charge < -0.3 is 19.9 Å². The third-order valence-corrected chi connectivity index (χ3v) is 6.68. The number of phenolic OH excluding ortho intramolecular Hbond substituents is 1. The molecule has 0 unspecified atom stereocenters. The van der Waals surface area contributed by atoms with Crippen molar-refractivity contribution in [3.8, 4) is 11.4 Å². The van der Waals surface area contributed by atoms with E-state index in [1.807, 2.05) is 65.6 Å². The van der Waals surface area contributed by atoms with Crippen LogP contribution in [0.3, 0.4) is 0 Å². The molecule has 2 N–H and O–H groups in total. The molecule has 1 saturated heterocycles. The molecule has 0 bridgehead atoms. The van der Waals surface area contributed by atoms with Gasteiger partial charge in [-0.25, -0.2) is 0 Å². The minimum absolute atomic E-state index is 0.180. The summed E-state index contributed by atoms with van der Waals surface area (Å²) >= 11 is 11.9. The normalized spacial score (nSPS) is 17.9. The summed E-state index contributed by atoms with van der Waals surface area (Å²) in [5, 5.41) is 15.4. The molecule has 0 aliphatic carbocycles. The van der Waals surface area contributed by atoms with E-state index in [1.54, 1.807) is 12.3 Å². The third kappa shape index (κ3) is 3.75. The Balaban J connectivity index is 1.69. The Labute approximate surface area is 203 Å². The number of hydrogen-bond donors (Lipinski definition) is 2. The first-order valence-corrected chi connectivity index (χ1v) is 11.5. The zero-order valence-corrected chi connectivity index (χ0v) is 19.8. The van der Waals surface area contributed by atoms with Crippen molar-refractivity contribution in [1.29, 1.82) is 0 Å². The highest BCUT2D eigenvalue weighted by molar-refractivity contribution is 7.80. The molecule has 0 radical (unpaired) electrons. The van der Waals surface area contributed by atoms with Gasteiger partial charge in [0.25, 0.3) is 0 Å². The van der Waals surface area contributed by atoms with Crippen LogP contribution in [0.2, 0.25) is 5.02 Å². The molecular formula is C26H23ClN4OS. The zero-order valence-electron chi connectivity index (χ0n) is 18.2. The van der Waals surface area contributed by atoms with Crippen molar-refractivity contribution in [2.24, 2.45) is 0 Å².